The van der Waals surface area contributed by atoms with Crippen LogP contribution >= 0.6 is 12.2 Å². The first-order valence-corrected chi connectivity index (χ1v) is 10.2. The van der Waals surface area contributed by atoms with E-state index < -0.39 is 23.3 Å². The van der Waals surface area contributed by atoms with Crippen molar-refractivity contribution in [2.45, 2.75) is 32.4 Å². The fourth-order valence-electron chi connectivity index (χ4n) is 2.81. The minimum absolute atomic E-state index is 0.0765. The van der Waals surface area contributed by atoms with E-state index in [0.29, 0.717) is 23.6 Å². The minimum Gasteiger partial charge on any atom is -0.478 e. The van der Waals surface area contributed by atoms with Crippen LogP contribution in [0.5, 0.6) is 5.88 Å². The molecule has 3 aromatic rings. The Morgan fingerprint density at radius 3 is 2.69 bits per heavy atom. The number of hydrogen-bond donors (Lipinski definition) is 2. The van der Waals surface area contributed by atoms with Gasteiger partial charge in [0.25, 0.3) is 5.91 Å². The van der Waals surface area contributed by atoms with Crippen LogP contribution in [0.2, 0.25) is 0 Å². The van der Waals surface area contributed by atoms with Gasteiger partial charge in [-0.3, -0.25) is 15.1 Å². The van der Waals surface area contributed by atoms with Gasteiger partial charge in [0.2, 0.25) is 5.88 Å². The number of alkyl halides is 3. The standard InChI is InChI=1S/C21H20F3N5O2S/c1-2-3-4-9-31-17-6-5-14(12-26-17)27-20(32)29-19(30)15-10-13-11-25-8-7-16(13)28-18(15)21(22,23)24/h5-8,10-12H,2-4,9H2,1H3,(H2,27,29,30,32). The summed E-state index contributed by atoms with van der Waals surface area (Å²) in [5, 5.41) is 5.06. The Morgan fingerprint density at radius 2 is 2.00 bits per heavy atom. The third kappa shape index (κ3) is 6.10. The number of rotatable bonds is 7. The van der Waals surface area contributed by atoms with Gasteiger partial charge in [0.15, 0.2) is 10.8 Å². The number of thiocarbonyl (C=S) groups is 1. The predicted molar refractivity (Wildman–Crippen MR) is 117 cm³/mol. The van der Waals surface area contributed by atoms with Gasteiger partial charge in [0, 0.05) is 23.8 Å². The number of nitrogens with one attached hydrogen (secondary N) is 2. The summed E-state index contributed by atoms with van der Waals surface area (Å²) in [7, 11) is 0. The Morgan fingerprint density at radius 1 is 1.19 bits per heavy atom. The zero-order valence-corrected chi connectivity index (χ0v) is 17.9. The number of halogens is 3. The molecule has 0 radical (unpaired) electrons. The van der Waals surface area contributed by atoms with Crippen molar-refractivity contribution in [1.29, 1.82) is 0 Å². The van der Waals surface area contributed by atoms with Crippen LogP contribution in [0, 0.1) is 0 Å². The first-order chi connectivity index (χ1) is 15.3. The summed E-state index contributed by atoms with van der Waals surface area (Å²) in [5.74, 6) is -0.607. The molecule has 0 aliphatic carbocycles. The molecule has 3 aromatic heterocycles. The summed E-state index contributed by atoms with van der Waals surface area (Å²) in [6, 6.07) is 5.68. The number of ether oxygens (including phenoxy) is 1. The normalized spacial score (nSPS) is 11.2. The molecule has 0 saturated heterocycles. The second-order valence-electron chi connectivity index (χ2n) is 6.80. The van der Waals surface area contributed by atoms with Gasteiger partial charge in [0.1, 0.15) is 0 Å². The Labute approximate surface area is 187 Å². The molecular formula is C21H20F3N5O2S. The molecule has 0 spiro atoms. The number of hydrogen-bond acceptors (Lipinski definition) is 6. The van der Waals surface area contributed by atoms with Gasteiger partial charge in [0.05, 0.1) is 29.6 Å². The molecule has 0 atom stereocenters. The minimum atomic E-state index is -4.82. The van der Waals surface area contributed by atoms with E-state index in [1.54, 1.807) is 12.1 Å². The lowest BCUT2D eigenvalue weighted by molar-refractivity contribution is -0.141. The lowest BCUT2D eigenvalue weighted by Crippen LogP contribution is -2.35. The summed E-state index contributed by atoms with van der Waals surface area (Å²) < 4.78 is 45.9. The molecule has 1 amide bonds. The summed E-state index contributed by atoms with van der Waals surface area (Å²) >= 11 is 5.06. The van der Waals surface area contributed by atoms with Crippen LogP contribution in [0.25, 0.3) is 10.9 Å². The number of amides is 1. The maximum atomic E-state index is 13.5. The Bertz CT molecular complexity index is 1110. The van der Waals surface area contributed by atoms with E-state index in [1.165, 1.54) is 24.7 Å². The van der Waals surface area contributed by atoms with Crippen LogP contribution in [0.1, 0.15) is 42.2 Å². The van der Waals surface area contributed by atoms with Gasteiger partial charge in [-0.2, -0.15) is 13.2 Å². The van der Waals surface area contributed by atoms with Gasteiger partial charge in [-0.25, -0.2) is 9.97 Å². The van der Waals surface area contributed by atoms with E-state index in [4.69, 9.17) is 17.0 Å². The summed E-state index contributed by atoms with van der Waals surface area (Å²) in [5.41, 5.74) is -1.44. The molecule has 0 bridgehead atoms. The number of carbonyl (C=O) groups excluding carboxylic acids is 1. The van der Waals surface area contributed by atoms with E-state index in [0.717, 1.165) is 25.3 Å². The first kappa shape index (κ1) is 23.3. The Kier molecular flexibility index (Phi) is 7.52. The second kappa shape index (κ2) is 10.3. The highest BCUT2D eigenvalue weighted by Gasteiger charge is 2.37. The van der Waals surface area contributed by atoms with Crippen molar-refractivity contribution >= 4 is 39.8 Å². The Hall–Kier alpha value is -3.34. The number of fused-ring (bicyclic) bond motifs is 1. The number of carbonyl (C=O) groups is 1. The summed E-state index contributed by atoms with van der Waals surface area (Å²) in [6.07, 6.45) is 2.34. The van der Waals surface area contributed by atoms with Crippen LogP contribution in [-0.4, -0.2) is 32.6 Å². The summed E-state index contributed by atoms with van der Waals surface area (Å²) in [6.45, 7) is 2.65. The lowest BCUT2D eigenvalue weighted by atomic mass is 10.1. The highest BCUT2D eigenvalue weighted by Crippen LogP contribution is 2.32. The number of aromatic nitrogens is 3. The largest absolute Gasteiger partial charge is 0.478 e. The molecule has 3 heterocycles. The molecule has 2 N–H and O–H groups in total. The smallest absolute Gasteiger partial charge is 0.434 e. The molecule has 0 aliphatic heterocycles. The van der Waals surface area contributed by atoms with Gasteiger partial charge < -0.3 is 10.1 Å². The molecule has 11 heteroatoms. The van der Waals surface area contributed by atoms with Crippen molar-refractivity contribution in [3.05, 3.63) is 54.1 Å². The SMILES string of the molecule is CCCCCOc1ccc(NC(=S)NC(=O)c2cc3cnccc3nc2C(F)(F)F)cn1. The van der Waals surface area contributed by atoms with E-state index >= 15 is 0 Å². The third-order valence-corrected chi connectivity index (χ3v) is 4.55. The molecular weight excluding hydrogens is 443 g/mol. The monoisotopic (exact) mass is 463 g/mol. The van der Waals surface area contributed by atoms with E-state index in [2.05, 4.69) is 32.5 Å². The average Bonchev–Trinajstić information content (AvgIpc) is 2.76. The van der Waals surface area contributed by atoms with Crippen LogP contribution < -0.4 is 15.4 Å². The van der Waals surface area contributed by atoms with Crippen LogP contribution in [-0.2, 0) is 6.18 Å². The van der Waals surface area contributed by atoms with Gasteiger partial charge >= 0.3 is 6.18 Å². The predicted octanol–water partition coefficient (Wildman–Crippen LogP) is 4.74. The van der Waals surface area contributed by atoms with Crippen molar-refractivity contribution in [2.75, 3.05) is 11.9 Å². The fraction of sp³-hybridized carbons (Fsp3) is 0.286. The molecule has 0 aromatic carbocycles. The van der Waals surface area contributed by atoms with Crippen LogP contribution in [0.4, 0.5) is 18.9 Å². The number of nitrogens with zero attached hydrogens (tertiary/aromatic N) is 3. The van der Waals surface area contributed by atoms with Crippen molar-refractivity contribution in [1.82, 2.24) is 20.3 Å². The van der Waals surface area contributed by atoms with Crippen molar-refractivity contribution in [3.63, 3.8) is 0 Å². The topological polar surface area (TPSA) is 89.0 Å². The van der Waals surface area contributed by atoms with E-state index in [-0.39, 0.29) is 10.6 Å². The highest BCUT2D eigenvalue weighted by atomic mass is 32.1. The number of anilines is 1. The molecule has 7 nitrogen and oxygen atoms in total. The molecule has 0 unspecified atom stereocenters. The van der Waals surface area contributed by atoms with E-state index in [9.17, 15) is 18.0 Å². The van der Waals surface area contributed by atoms with Gasteiger partial charge in [-0.15, -0.1) is 0 Å². The number of pyridine rings is 3. The lowest BCUT2D eigenvalue weighted by Gasteiger charge is -2.14. The van der Waals surface area contributed by atoms with Crippen LogP contribution in [0.3, 0.4) is 0 Å². The molecule has 32 heavy (non-hydrogen) atoms. The van der Waals surface area contributed by atoms with E-state index in [1.807, 2.05) is 0 Å². The molecule has 168 valence electrons. The second-order valence-corrected chi connectivity index (χ2v) is 7.21. The average molecular weight is 463 g/mol. The fourth-order valence-corrected chi connectivity index (χ4v) is 3.02. The zero-order chi connectivity index (χ0) is 23.1. The number of unbranched alkanes of at least 4 members (excludes halogenated alkanes) is 2. The zero-order valence-electron chi connectivity index (χ0n) is 17.1. The Balaban J connectivity index is 1.68. The van der Waals surface area contributed by atoms with Crippen molar-refractivity contribution in [3.8, 4) is 5.88 Å². The maximum Gasteiger partial charge on any atom is 0.434 e. The van der Waals surface area contributed by atoms with Crippen molar-refractivity contribution in [2.24, 2.45) is 0 Å². The highest BCUT2D eigenvalue weighted by molar-refractivity contribution is 7.80. The third-order valence-electron chi connectivity index (χ3n) is 4.35. The summed E-state index contributed by atoms with van der Waals surface area (Å²) in [4.78, 5) is 24.1. The van der Waals surface area contributed by atoms with Gasteiger partial charge in [-0.05, 0) is 36.8 Å². The van der Waals surface area contributed by atoms with Crippen LogP contribution in [0.15, 0.2) is 42.9 Å². The molecule has 0 fully saturated rings. The van der Waals surface area contributed by atoms with Gasteiger partial charge in [-0.1, -0.05) is 19.8 Å². The molecule has 0 aliphatic rings. The van der Waals surface area contributed by atoms with Crippen molar-refractivity contribution < 1.29 is 22.7 Å². The molecule has 0 saturated carbocycles. The maximum absolute atomic E-state index is 13.5. The molecule has 3 rings (SSSR count). The first-order valence-electron chi connectivity index (χ1n) is 9.81. The quantitative estimate of drug-likeness (QED) is 0.386.